The van der Waals surface area contributed by atoms with Crippen molar-refractivity contribution in [2.75, 3.05) is 13.7 Å². The number of halogens is 3. The van der Waals surface area contributed by atoms with Crippen LogP contribution < -0.4 is 15.4 Å². The van der Waals surface area contributed by atoms with Crippen molar-refractivity contribution in [3.05, 3.63) is 40.9 Å². The summed E-state index contributed by atoms with van der Waals surface area (Å²) in [4.78, 5) is 8.00. The van der Waals surface area contributed by atoms with Gasteiger partial charge in [0.1, 0.15) is 5.76 Å². The second-order valence-electron chi connectivity index (χ2n) is 5.89. The first-order valence-corrected chi connectivity index (χ1v) is 8.92. The van der Waals surface area contributed by atoms with E-state index >= 15 is 0 Å². The van der Waals surface area contributed by atoms with E-state index in [9.17, 15) is 13.2 Å². The lowest BCUT2D eigenvalue weighted by Crippen LogP contribution is -2.36. The Balaban J connectivity index is 1.97. The van der Waals surface area contributed by atoms with E-state index in [2.05, 4.69) is 25.8 Å². The highest BCUT2D eigenvalue weighted by atomic mass is 19.4. The van der Waals surface area contributed by atoms with Crippen molar-refractivity contribution in [3.63, 3.8) is 0 Å². The van der Waals surface area contributed by atoms with Gasteiger partial charge in [-0.05, 0) is 12.5 Å². The first-order valence-electron chi connectivity index (χ1n) is 8.92. The third kappa shape index (κ3) is 6.14. The van der Waals surface area contributed by atoms with E-state index in [-0.39, 0.29) is 12.4 Å². The van der Waals surface area contributed by atoms with Crippen LogP contribution in [0.1, 0.15) is 36.4 Å². The lowest BCUT2D eigenvalue weighted by Gasteiger charge is -2.15. The molecule has 0 spiro atoms. The predicted molar refractivity (Wildman–Crippen MR) is 98.1 cm³/mol. The molecule has 0 atom stereocenters. The standard InChI is InChI=1S/C18H24F3N5O2/c1-4-14-13(15(5-2)28-26-14)10-25-17(22-3)24-9-12-7-6-8-23-16(12)27-11-18(19,20)21/h6-8H,4-5,9-11H2,1-3H3,(H2,22,24,25). The Hall–Kier alpha value is -2.78. The Kier molecular flexibility index (Phi) is 7.65. The molecule has 2 aromatic rings. The minimum atomic E-state index is -4.42. The number of hydrogen-bond acceptors (Lipinski definition) is 5. The molecule has 2 rings (SSSR count). The maximum Gasteiger partial charge on any atom is 0.422 e. The van der Waals surface area contributed by atoms with Crippen LogP contribution in [-0.4, -0.2) is 35.9 Å². The van der Waals surface area contributed by atoms with Crippen molar-refractivity contribution in [3.8, 4) is 5.88 Å². The van der Waals surface area contributed by atoms with Crippen LogP contribution >= 0.6 is 0 Å². The highest BCUT2D eigenvalue weighted by Gasteiger charge is 2.29. The van der Waals surface area contributed by atoms with E-state index in [4.69, 9.17) is 9.26 Å². The summed E-state index contributed by atoms with van der Waals surface area (Å²) in [5, 5.41) is 10.3. The van der Waals surface area contributed by atoms with Gasteiger partial charge in [0.15, 0.2) is 12.6 Å². The second kappa shape index (κ2) is 9.95. The molecule has 10 heteroatoms. The summed E-state index contributed by atoms with van der Waals surface area (Å²) in [6.45, 7) is 3.27. The minimum absolute atomic E-state index is 0.0663. The zero-order chi connectivity index (χ0) is 20.6. The molecule has 0 radical (unpaired) electrons. The number of nitrogens with one attached hydrogen (secondary N) is 2. The Morgan fingerprint density at radius 1 is 1.21 bits per heavy atom. The smallest absolute Gasteiger partial charge is 0.422 e. The number of pyridine rings is 1. The van der Waals surface area contributed by atoms with Gasteiger partial charge >= 0.3 is 6.18 Å². The van der Waals surface area contributed by atoms with E-state index in [1.807, 2.05) is 13.8 Å². The SMILES string of the molecule is CCc1noc(CC)c1CNC(=NC)NCc1cccnc1OCC(F)(F)F. The molecule has 154 valence electrons. The number of alkyl halides is 3. The number of aliphatic imine (C=N–C) groups is 1. The van der Waals surface area contributed by atoms with Crippen LogP contribution in [0.25, 0.3) is 0 Å². The molecular weight excluding hydrogens is 375 g/mol. The van der Waals surface area contributed by atoms with Crippen LogP contribution in [0, 0.1) is 0 Å². The average molecular weight is 399 g/mol. The molecule has 2 heterocycles. The molecule has 2 aromatic heterocycles. The molecule has 7 nitrogen and oxygen atoms in total. The third-order valence-corrected chi connectivity index (χ3v) is 3.93. The molecule has 0 unspecified atom stereocenters. The van der Waals surface area contributed by atoms with Gasteiger partial charge < -0.3 is 19.9 Å². The quantitative estimate of drug-likeness (QED) is 0.524. The van der Waals surface area contributed by atoms with Crippen molar-refractivity contribution in [2.45, 2.75) is 46.0 Å². The zero-order valence-electron chi connectivity index (χ0n) is 16.1. The summed E-state index contributed by atoms with van der Waals surface area (Å²) in [5.74, 6) is 1.23. The highest BCUT2D eigenvalue weighted by molar-refractivity contribution is 5.79. The molecular formula is C18H24F3N5O2. The van der Waals surface area contributed by atoms with Crippen molar-refractivity contribution < 1.29 is 22.4 Å². The number of nitrogens with zero attached hydrogens (tertiary/aromatic N) is 3. The first-order chi connectivity index (χ1) is 13.4. The predicted octanol–water partition coefficient (Wildman–Crippen LogP) is 3.00. The molecule has 0 saturated carbocycles. The molecule has 0 aliphatic rings. The third-order valence-electron chi connectivity index (χ3n) is 3.93. The molecule has 0 bridgehead atoms. The summed E-state index contributed by atoms with van der Waals surface area (Å²) < 4.78 is 47.3. The van der Waals surface area contributed by atoms with Gasteiger partial charge in [0.2, 0.25) is 5.88 Å². The Morgan fingerprint density at radius 3 is 2.61 bits per heavy atom. The number of aromatic nitrogens is 2. The summed E-state index contributed by atoms with van der Waals surface area (Å²) in [5.41, 5.74) is 2.36. The molecule has 28 heavy (non-hydrogen) atoms. The van der Waals surface area contributed by atoms with Crippen LogP contribution in [0.4, 0.5) is 13.2 Å². The second-order valence-corrected chi connectivity index (χ2v) is 5.89. The Morgan fingerprint density at radius 2 is 1.96 bits per heavy atom. The molecule has 0 aliphatic heterocycles. The number of hydrogen-bond donors (Lipinski definition) is 2. The first kappa shape index (κ1) is 21.5. The van der Waals surface area contributed by atoms with Crippen LogP contribution in [0.5, 0.6) is 5.88 Å². The van der Waals surface area contributed by atoms with Crippen LogP contribution in [0.3, 0.4) is 0 Å². The molecule has 0 amide bonds. The monoisotopic (exact) mass is 399 g/mol. The Labute approximate surface area is 161 Å². The number of rotatable bonds is 8. The van der Waals surface area contributed by atoms with E-state index in [0.717, 1.165) is 29.9 Å². The average Bonchev–Trinajstić information content (AvgIpc) is 3.08. The van der Waals surface area contributed by atoms with Crippen molar-refractivity contribution in [2.24, 2.45) is 4.99 Å². The lowest BCUT2D eigenvalue weighted by atomic mass is 10.1. The van der Waals surface area contributed by atoms with E-state index in [1.54, 1.807) is 19.2 Å². The summed E-state index contributed by atoms with van der Waals surface area (Å²) in [6, 6.07) is 3.27. The number of guanidine groups is 1. The van der Waals surface area contributed by atoms with Gasteiger partial charge in [0.05, 0.1) is 5.69 Å². The molecule has 0 saturated heterocycles. The Bertz CT molecular complexity index is 768. The minimum Gasteiger partial charge on any atom is -0.468 e. The van der Waals surface area contributed by atoms with Crippen molar-refractivity contribution in [1.82, 2.24) is 20.8 Å². The van der Waals surface area contributed by atoms with E-state index < -0.39 is 12.8 Å². The van der Waals surface area contributed by atoms with E-state index in [0.29, 0.717) is 18.1 Å². The summed E-state index contributed by atoms with van der Waals surface area (Å²) >= 11 is 0. The van der Waals surface area contributed by atoms with Crippen LogP contribution in [0.2, 0.25) is 0 Å². The van der Waals surface area contributed by atoms with Gasteiger partial charge in [-0.25, -0.2) is 4.98 Å². The number of aryl methyl sites for hydroxylation is 2. The largest absolute Gasteiger partial charge is 0.468 e. The fourth-order valence-electron chi connectivity index (χ4n) is 2.55. The van der Waals surface area contributed by atoms with Gasteiger partial charge in [-0.2, -0.15) is 13.2 Å². The van der Waals surface area contributed by atoms with Crippen LogP contribution in [0.15, 0.2) is 27.8 Å². The van der Waals surface area contributed by atoms with Crippen LogP contribution in [-0.2, 0) is 25.9 Å². The molecule has 0 aliphatic carbocycles. The van der Waals surface area contributed by atoms with Gasteiger partial charge in [0, 0.05) is 43.9 Å². The molecule has 0 aromatic carbocycles. The normalized spacial score (nSPS) is 12.1. The van der Waals surface area contributed by atoms with E-state index in [1.165, 1.54) is 6.20 Å². The number of ether oxygens (including phenoxy) is 1. The summed E-state index contributed by atoms with van der Waals surface area (Å²) in [7, 11) is 1.61. The summed E-state index contributed by atoms with van der Waals surface area (Å²) in [6.07, 6.45) is -1.56. The van der Waals surface area contributed by atoms with Gasteiger partial charge in [-0.1, -0.05) is 25.1 Å². The molecule has 0 fully saturated rings. The maximum atomic E-state index is 12.4. The highest BCUT2D eigenvalue weighted by Crippen LogP contribution is 2.20. The topological polar surface area (TPSA) is 84.6 Å². The van der Waals surface area contributed by atoms with Gasteiger partial charge in [0.25, 0.3) is 0 Å². The molecule has 2 N–H and O–H groups in total. The van der Waals surface area contributed by atoms with Crippen molar-refractivity contribution >= 4 is 5.96 Å². The van der Waals surface area contributed by atoms with Gasteiger partial charge in [-0.15, -0.1) is 0 Å². The lowest BCUT2D eigenvalue weighted by molar-refractivity contribution is -0.154. The maximum absolute atomic E-state index is 12.4. The fourth-order valence-corrected chi connectivity index (χ4v) is 2.55. The van der Waals surface area contributed by atoms with Gasteiger partial charge in [-0.3, -0.25) is 4.99 Å². The fraction of sp³-hybridized carbons (Fsp3) is 0.500. The van der Waals surface area contributed by atoms with Crippen molar-refractivity contribution in [1.29, 1.82) is 0 Å². The zero-order valence-corrected chi connectivity index (χ0v) is 16.1.